The van der Waals surface area contributed by atoms with Crippen LogP contribution in [0.4, 0.5) is 17.6 Å². The average molecular weight is 501 g/mol. The van der Waals surface area contributed by atoms with E-state index in [4.69, 9.17) is 9.47 Å². The van der Waals surface area contributed by atoms with Crippen molar-refractivity contribution in [2.75, 3.05) is 20.0 Å². The van der Waals surface area contributed by atoms with Gasteiger partial charge in [0.1, 0.15) is 23.7 Å². The van der Waals surface area contributed by atoms with Crippen LogP contribution < -0.4 is 9.46 Å². The molecular weight excluding hydrogens is 476 g/mol. The third-order valence-corrected chi connectivity index (χ3v) is 4.96. The molecule has 180 valence electrons. The molecule has 0 saturated heterocycles. The van der Waals surface area contributed by atoms with Gasteiger partial charge >= 0.3 is 6.18 Å². The SMILES string of the molecule is COC[C@H](CCCc1ccc([C@H](NS(C)(=O)=O)C(F)(F)F)cc1)Oc1cncc(F)c1.Cl. The van der Waals surface area contributed by atoms with Gasteiger partial charge in [-0.15, -0.1) is 12.4 Å². The molecule has 1 aromatic carbocycles. The highest BCUT2D eigenvalue weighted by Gasteiger charge is 2.42. The number of methoxy groups -OCH3 is 1. The van der Waals surface area contributed by atoms with E-state index in [2.05, 4.69) is 4.98 Å². The number of halogens is 5. The molecule has 32 heavy (non-hydrogen) atoms. The molecule has 0 radical (unpaired) electrons. The molecule has 0 amide bonds. The van der Waals surface area contributed by atoms with E-state index in [1.165, 1.54) is 43.6 Å². The van der Waals surface area contributed by atoms with Gasteiger partial charge in [-0.3, -0.25) is 4.98 Å². The second-order valence-electron chi connectivity index (χ2n) is 7.03. The van der Waals surface area contributed by atoms with Gasteiger partial charge in [0.05, 0.1) is 25.3 Å². The van der Waals surface area contributed by atoms with Gasteiger partial charge in [-0.1, -0.05) is 24.3 Å². The number of nitrogens with one attached hydrogen (secondary N) is 1. The number of benzene rings is 1. The van der Waals surface area contributed by atoms with Crippen molar-refractivity contribution in [3.8, 4) is 5.75 Å². The smallest absolute Gasteiger partial charge is 0.408 e. The lowest BCUT2D eigenvalue weighted by molar-refractivity contribution is -0.153. The fourth-order valence-electron chi connectivity index (χ4n) is 2.96. The summed E-state index contributed by atoms with van der Waals surface area (Å²) < 4.78 is 87.9. The normalized spacial score (nSPS) is 13.8. The molecule has 0 fully saturated rings. The maximum atomic E-state index is 13.2. The van der Waals surface area contributed by atoms with E-state index in [1.54, 1.807) is 4.72 Å². The van der Waals surface area contributed by atoms with Crippen LogP contribution in [0, 0.1) is 5.82 Å². The molecule has 6 nitrogen and oxygen atoms in total. The first-order valence-electron chi connectivity index (χ1n) is 9.37. The van der Waals surface area contributed by atoms with Gasteiger partial charge in [0.25, 0.3) is 0 Å². The molecule has 0 saturated carbocycles. The zero-order valence-electron chi connectivity index (χ0n) is 17.4. The highest BCUT2D eigenvalue weighted by atomic mass is 35.5. The third-order valence-electron chi connectivity index (χ3n) is 4.30. The summed E-state index contributed by atoms with van der Waals surface area (Å²) in [5, 5.41) is 0. The van der Waals surface area contributed by atoms with Crippen LogP contribution in [-0.4, -0.2) is 45.7 Å². The number of aromatic nitrogens is 1. The molecule has 2 atom stereocenters. The fraction of sp³-hybridized carbons (Fsp3) is 0.450. The minimum Gasteiger partial charge on any atom is -0.486 e. The van der Waals surface area contributed by atoms with E-state index < -0.39 is 28.1 Å². The first-order valence-corrected chi connectivity index (χ1v) is 11.3. The summed E-state index contributed by atoms with van der Waals surface area (Å²) in [4.78, 5) is 3.72. The van der Waals surface area contributed by atoms with Gasteiger partial charge in [0.15, 0.2) is 0 Å². The van der Waals surface area contributed by atoms with E-state index in [0.717, 1.165) is 11.8 Å². The van der Waals surface area contributed by atoms with E-state index in [9.17, 15) is 26.0 Å². The Bertz CT molecular complexity index is 943. The predicted octanol–water partition coefficient (Wildman–Crippen LogP) is 4.21. The number of ether oxygens (including phenoxy) is 2. The van der Waals surface area contributed by atoms with Crippen molar-refractivity contribution in [1.29, 1.82) is 0 Å². The maximum Gasteiger partial charge on any atom is 0.408 e. The lowest BCUT2D eigenvalue weighted by Crippen LogP contribution is -2.37. The van der Waals surface area contributed by atoms with Crippen LogP contribution in [0.5, 0.6) is 5.75 Å². The highest BCUT2D eigenvalue weighted by Crippen LogP contribution is 2.33. The number of sulfonamides is 1. The van der Waals surface area contributed by atoms with Gasteiger partial charge in [0, 0.05) is 13.2 Å². The van der Waals surface area contributed by atoms with Gasteiger partial charge < -0.3 is 9.47 Å². The molecule has 2 aromatic rings. The number of hydrogen-bond acceptors (Lipinski definition) is 5. The second kappa shape index (κ2) is 12.3. The Hall–Kier alpha value is -1.95. The lowest BCUT2D eigenvalue weighted by atomic mass is 10.0. The monoisotopic (exact) mass is 500 g/mol. The van der Waals surface area contributed by atoms with Gasteiger partial charge in [-0.05, 0) is 30.4 Å². The Balaban J connectivity index is 0.00000512. The number of nitrogens with zero attached hydrogens (tertiary/aromatic N) is 1. The van der Waals surface area contributed by atoms with E-state index in [-0.39, 0.29) is 36.4 Å². The summed E-state index contributed by atoms with van der Waals surface area (Å²) in [5.41, 5.74) is 0.591. The molecule has 0 aliphatic carbocycles. The van der Waals surface area contributed by atoms with Crippen LogP contribution in [0.3, 0.4) is 0 Å². The Morgan fingerprint density at radius 3 is 2.34 bits per heavy atom. The van der Waals surface area contributed by atoms with Crippen molar-refractivity contribution in [3.63, 3.8) is 0 Å². The first kappa shape index (κ1) is 28.1. The third kappa shape index (κ3) is 9.68. The van der Waals surface area contributed by atoms with Crippen LogP contribution >= 0.6 is 12.4 Å². The molecule has 0 unspecified atom stereocenters. The number of pyridine rings is 1. The number of aryl methyl sites for hydroxylation is 1. The standard InChI is InChI=1S/C20H24F4N2O4S.ClH/c1-29-13-17(30-18-10-16(21)11-25-12-18)5-3-4-14-6-8-15(9-7-14)19(20(22,23)24)26-31(2,27)28;/h6-12,17,19,26H,3-5,13H2,1-2H3;1H/t17-,19-;/m0./s1. The topological polar surface area (TPSA) is 77.5 Å². The minimum atomic E-state index is -4.76. The molecule has 0 aliphatic heterocycles. The largest absolute Gasteiger partial charge is 0.486 e. The molecule has 1 heterocycles. The van der Waals surface area contributed by atoms with Crippen molar-refractivity contribution in [2.45, 2.75) is 37.6 Å². The Kier molecular flexibility index (Phi) is 10.8. The van der Waals surface area contributed by atoms with Gasteiger partial charge in [-0.25, -0.2) is 12.8 Å². The van der Waals surface area contributed by atoms with E-state index in [0.29, 0.717) is 25.5 Å². The summed E-state index contributed by atoms with van der Waals surface area (Å²) in [7, 11) is -2.53. The molecule has 1 aromatic heterocycles. The highest BCUT2D eigenvalue weighted by molar-refractivity contribution is 7.88. The Morgan fingerprint density at radius 1 is 1.16 bits per heavy atom. The summed E-state index contributed by atoms with van der Waals surface area (Å²) in [5.74, 6) is -0.237. The summed E-state index contributed by atoms with van der Waals surface area (Å²) >= 11 is 0. The van der Waals surface area contributed by atoms with E-state index >= 15 is 0 Å². The van der Waals surface area contributed by atoms with Crippen molar-refractivity contribution < 1.29 is 35.5 Å². The van der Waals surface area contributed by atoms with Gasteiger partial charge in [0.2, 0.25) is 10.0 Å². The zero-order chi connectivity index (χ0) is 23.1. The van der Waals surface area contributed by atoms with Crippen LogP contribution in [0.1, 0.15) is 30.0 Å². The molecule has 0 bridgehead atoms. The minimum absolute atomic E-state index is 0. The van der Waals surface area contributed by atoms with E-state index in [1.807, 2.05) is 0 Å². The molecule has 2 rings (SSSR count). The summed E-state index contributed by atoms with van der Waals surface area (Å²) in [6, 6.07) is 4.48. The molecular formula is C20H25ClF4N2O4S. The zero-order valence-corrected chi connectivity index (χ0v) is 19.1. The Morgan fingerprint density at radius 2 is 1.81 bits per heavy atom. The van der Waals surface area contributed by atoms with Crippen molar-refractivity contribution in [3.05, 3.63) is 59.7 Å². The van der Waals surface area contributed by atoms with Crippen LogP contribution in [0.25, 0.3) is 0 Å². The number of hydrogen-bond donors (Lipinski definition) is 1. The summed E-state index contributed by atoms with van der Waals surface area (Å²) in [6.07, 6.45) is -0.210. The number of rotatable bonds is 11. The lowest BCUT2D eigenvalue weighted by Gasteiger charge is -2.21. The average Bonchev–Trinajstić information content (AvgIpc) is 2.65. The first-order chi connectivity index (χ1) is 14.5. The van der Waals surface area contributed by atoms with Crippen molar-refractivity contribution in [2.24, 2.45) is 0 Å². The molecule has 0 spiro atoms. The summed E-state index contributed by atoms with van der Waals surface area (Å²) in [6.45, 7) is 0.278. The molecule has 12 heteroatoms. The molecule has 0 aliphatic rings. The predicted molar refractivity (Wildman–Crippen MR) is 114 cm³/mol. The van der Waals surface area contributed by atoms with Gasteiger partial charge in [-0.2, -0.15) is 17.9 Å². The quantitative estimate of drug-likeness (QED) is 0.468. The van der Waals surface area contributed by atoms with Crippen LogP contribution in [0.2, 0.25) is 0 Å². The fourth-order valence-corrected chi connectivity index (χ4v) is 3.66. The second-order valence-corrected chi connectivity index (χ2v) is 8.81. The Labute approximate surface area is 190 Å². The van der Waals surface area contributed by atoms with Crippen molar-refractivity contribution >= 4 is 22.4 Å². The van der Waals surface area contributed by atoms with Crippen molar-refractivity contribution in [1.82, 2.24) is 9.71 Å². The maximum absolute atomic E-state index is 13.2. The molecule has 1 N–H and O–H groups in total. The van der Waals surface area contributed by atoms with Crippen LogP contribution in [0.15, 0.2) is 42.7 Å². The van der Waals surface area contributed by atoms with Crippen LogP contribution in [-0.2, 0) is 21.2 Å². The number of alkyl halides is 3.